The first-order valence-corrected chi connectivity index (χ1v) is 9.52. The minimum Gasteiger partial charge on any atom is -0.0622 e. The molecule has 128 valence electrons. The molecule has 0 saturated carbocycles. The third-order valence-corrected chi connectivity index (χ3v) is 5.26. The second-order valence-electron chi connectivity index (χ2n) is 6.69. The topological polar surface area (TPSA) is 0 Å². The Labute approximate surface area is 156 Å². The maximum absolute atomic E-state index is 2.28. The highest BCUT2D eigenvalue weighted by molar-refractivity contribution is 6.05. The Morgan fingerprint density at radius 2 is 0.923 bits per heavy atom. The third kappa shape index (κ3) is 2.72. The average molecular weight is 336 g/mol. The minimum atomic E-state index is 1.02. The standard InChI is InChI=1S/C26H24/c1-3-21-23-17-11-12-18-24(23)26(20-15-9-6-10-16-20)22(4-2)25(21)19-13-7-5-8-14-19/h5-18H,3-4H2,1-2H3. The van der Waals surface area contributed by atoms with Gasteiger partial charge < -0.3 is 0 Å². The van der Waals surface area contributed by atoms with Crippen LogP contribution >= 0.6 is 0 Å². The lowest BCUT2D eigenvalue weighted by Crippen LogP contribution is -2.00. The second-order valence-corrected chi connectivity index (χ2v) is 6.69. The van der Waals surface area contributed by atoms with Gasteiger partial charge in [0.2, 0.25) is 0 Å². The van der Waals surface area contributed by atoms with E-state index in [4.69, 9.17) is 0 Å². The van der Waals surface area contributed by atoms with Crippen LogP contribution in [0.15, 0.2) is 84.9 Å². The van der Waals surface area contributed by atoms with Crippen LogP contribution in [0.4, 0.5) is 0 Å². The molecule has 0 radical (unpaired) electrons. The van der Waals surface area contributed by atoms with Gasteiger partial charge in [-0.05, 0) is 57.0 Å². The van der Waals surface area contributed by atoms with E-state index >= 15 is 0 Å². The lowest BCUT2D eigenvalue weighted by molar-refractivity contribution is 1.11. The molecular formula is C26H24. The van der Waals surface area contributed by atoms with Crippen LogP contribution in [0.3, 0.4) is 0 Å². The maximum atomic E-state index is 2.28. The summed E-state index contributed by atoms with van der Waals surface area (Å²) >= 11 is 0. The van der Waals surface area contributed by atoms with Crippen LogP contribution in [0.25, 0.3) is 33.0 Å². The molecule has 0 saturated heterocycles. The van der Waals surface area contributed by atoms with Crippen molar-refractivity contribution >= 4 is 10.8 Å². The van der Waals surface area contributed by atoms with Gasteiger partial charge in [-0.1, -0.05) is 98.8 Å². The van der Waals surface area contributed by atoms with E-state index < -0.39 is 0 Å². The van der Waals surface area contributed by atoms with Gasteiger partial charge >= 0.3 is 0 Å². The van der Waals surface area contributed by atoms with Crippen molar-refractivity contribution in [2.24, 2.45) is 0 Å². The van der Waals surface area contributed by atoms with Gasteiger partial charge in [0.25, 0.3) is 0 Å². The van der Waals surface area contributed by atoms with Crippen molar-refractivity contribution in [1.82, 2.24) is 0 Å². The Kier molecular flexibility index (Phi) is 4.58. The first kappa shape index (κ1) is 16.6. The molecule has 0 amide bonds. The van der Waals surface area contributed by atoms with Crippen molar-refractivity contribution in [1.29, 1.82) is 0 Å². The number of benzene rings is 4. The molecule has 26 heavy (non-hydrogen) atoms. The summed E-state index contributed by atoms with van der Waals surface area (Å²) in [5.74, 6) is 0. The van der Waals surface area contributed by atoms with Gasteiger partial charge in [0.1, 0.15) is 0 Å². The van der Waals surface area contributed by atoms with Gasteiger partial charge in [0.05, 0.1) is 0 Å². The molecule has 0 nitrogen and oxygen atoms in total. The molecule has 0 spiro atoms. The molecule has 0 aliphatic heterocycles. The molecule has 0 bridgehead atoms. The zero-order valence-corrected chi connectivity index (χ0v) is 15.5. The molecule has 0 aliphatic carbocycles. The Hall–Kier alpha value is -2.86. The van der Waals surface area contributed by atoms with Crippen LogP contribution in [0.5, 0.6) is 0 Å². The predicted molar refractivity (Wildman–Crippen MR) is 114 cm³/mol. The molecular weight excluding hydrogens is 312 g/mol. The summed E-state index contributed by atoms with van der Waals surface area (Å²) in [7, 11) is 0. The van der Waals surface area contributed by atoms with Crippen LogP contribution in [0.1, 0.15) is 25.0 Å². The first-order valence-electron chi connectivity index (χ1n) is 9.52. The summed E-state index contributed by atoms with van der Waals surface area (Å²) in [6.07, 6.45) is 2.05. The van der Waals surface area contributed by atoms with Crippen LogP contribution in [0.2, 0.25) is 0 Å². The van der Waals surface area contributed by atoms with Gasteiger partial charge in [0.15, 0.2) is 0 Å². The summed E-state index contributed by atoms with van der Waals surface area (Å²) in [6, 6.07) is 30.6. The SMILES string of the molecule is CCc1c(-c2ccccc2)c(CC)c2ccccc2c1-c1ccccc1. The molecule has 0 heteroatoms. The second kappa shape index (κ2) is 7.17. The van der Waals surface area contributed by atoms with Crippen molar-refractivity contribution < 1.29 is 0 Å². The van der Waals surface area contributed by atoms with E-state index in [1.54, 1.807) is 0 Å². The van der Waals surface area contributed by atoms with Gasteiger partial charge in [-0.15, -0.1) is 0 Å². The lowest BCUT2D eigenvalue weighted by Gasteiger charge is -2.22. The number of rotatable bonds is 4. The molecule has 0 aromatic heterocycles. The number of aryl methyl sites for hydroxylation is 1. The zero-order valence-electron chi connectivity index (χ0n) is 15.5. The van der Waals surface area contributed by atoms with E-state index in [0.29, 0.717) is 0 Å². The van der Waals surface area contributed by atoms with Crippen molar-refractivity contribution in [2.45, 2.75) is 26.7 Å². The number of hydrogen-bond acceptors (Lipinski definition) is 0. The highest BCUT2D eigenvalue weighted by Crippen LogP contribution is 2.42. The van der Waals surface area contributed by atoms with Crippen molar-refractivity contribution in [3.8, 4) is 22.3 Å². The molecule has 0 unspecified atom stereocenters. The van der Waals surface area contributed by atoms with Gasteiger partial charge in [0, 0.05) is 0 Å². The van der Waals surface area contributed by atoms with E-state index in [1.165, 1.54) is 44.2 Å². The molecule has 0 N–H and O–H groups in total. The Bertz CT molecular complexity index is 1030. The molecule has 4 rings (SSSR count). The summed E-state index contributed by atoms with van der Waals surface area (Å²) < 4.78 is 0. The summed E-state index contributed by atoms with van der Waals surface area (Å²) in [4.78, 5) is 0. The average Bonchev–Trinajstić information content (AvgIpc) is 2.73. The zero-order chi connectivity index (χ0) is 17.9. The lowest BCUT2D eigenvalue weighted by atomic mass is 9.82. The molecule has 4 aromatic carbocycles. The van der Waals surface area contributed by atoms with Crippen LogP contribution in [-0.2, 0) is 12.8 Å². The van der Waals surface area contributed by atoms with Crippen LogP contribution < -0.4 is 0 Å². The highest BCUT2D eigenvalue weighted by atomic mass is 14.2. The summed E-state index contributed by atoms with van der Waals surface area (Å²) in [5, 5.41) is 2.75. The van der Waals surface area contributed by atoms with E-state index in [0.717, 1.165) is 12.8 Å². The number of fused-ring (bicyclic) bond motifs is 1. The fourth-order valence-electron chi connectivity index (χ4n) is 4.18. The molecule has 4 aromatic rings. The first-order chi connectivity index (χ1) is 12.8. The quantitative estimate of drug-likeness (QED) is 0.367. The van der Waals surface area contributed by atoms with E-state index in [2.05, 4.69) is 98.8 Å². The Morgan fingerprint density at radius 1 is 0.462 bits per heavy atom. The highest BCUT2D eigenvalue weighted by Gasteiger charge is 2.19. The smallest absolute Gasteiger partial charge is 0.00670 e. The van der Waals surface area contributed by atoms with Crippen molar-refractivity contribution in [2.75, 3.05) is 0 Å². The molecule has 0 heterocycles. The Morgan fingerprint density at radius 3 is 1.46 bits per heavy atom. The van der Waals surface area contributed by atoms with Gasteiger partial charge in [-0.2, -0.15) is 0 Å². The van der Waals surface area contributed by atoms with E-state index in [-0.39, 0.29) is 0 Å². The summed E-state index contributed by atoms with van der Waals surface area (Å²) in [6.45, 7) is 4.55. The van der Waals surface area contributed by atoms with Crippen molar-refractivity contribution in [3.05, 3.63) is 96.1 Å². The summed E-state index contributed by atoms with van der Waals surface area (Å²) in [5.41, 5.74) is 8.36. The molecule has 0 fully saturated rings. The number of hydrogen-bond donors (Lipinski definition) is 0. The fraction of sp³-hybridized carbons (Fsp3) is 0.154. The van der Waals surface area contributed by atoms with Gasteiger partial charge in [-0.25, -0.2) is 0 Å². The van der Waals surface area contributed by atoms with Crippen LogP contribution in [-0.4, -0.2) is 0 Å². The largest absolute Gasteiger partial charge is 0.0622 e. The van der Waals surface area contributed by atoms with Gasteiger partial charge in [-0.3, -0.25) is 0 Å². The van der Waals surface area contributed by atoms with Crippen molar-refractivity contribution in [3.63, 3.8) is 0 Å². The normalized spacial score (nSPS) is 11.0. The van der Waals surface area contributed by atoms with E-state index in [1.807, 2.05) is 0 Å². The minimum absolute atomic E-state index is 1.02. The fourth-order valence-corrected chi connectivity index (χ4v) is 4.18. The monoisotopic (exact) mass is 336 g/mol. The maximum Gasteiger partial charge on any atom is -0.00670 e. The predicted octanol–water partition coefficient (Wildman–Crippen LogP) is 7.30. The molecule has 0 atom stereocenters. The van der Waals surface area contributed by atoms with Crippen LogP contribution in [0, 0.1) is 0 Å². The van der Waals surface area contributed by atoms with E-state index in [9.17, 15) is 0 Å². The molecule has 0 aliphatic rings. The third-order valence-electron chi connectivity index (χ3n) is 5.26. The Balaban J connectivity index is 2.20.